The molecule has 2 unspecified atom stereocenters. The first-order chi connectivity index (χ1) is 15.5. The van der Waals surface area contributed by atoms with Crippen LogP contribution in [-0.2, 0) is 17.9 Å². The molecule has 2 bridgehead atoms. The smallest absolute Gasteiger partial charge is 0.343 e. The van der Waals surface area contributed by atoms with Gasteiger partial charge >= 0.3 is 5.97 Å². The lowest BCUT2D eigenvalue weighted by Gasteiger charge is -2.40. The molecular formula is C25H26N2O5. The van der Waals surface area contributed by atoms with Crippen LogP contribution in [0, 0.1) is 23.7 Å². The lowest BCUT2D eigenvalue weighted by Crippen LogP contribution is -2.53. The number of esters is 1. The van der Waals surface area contributed by atoms with Crippen LogP contribution in [0.25, 0.3) is 0 Å². The molecule has 2 aliphatic heterocycles. The number of amides is 1. The van der Waals surface area contributed by atoms with Gasteiger partial charge in [-0.15, -0.1) is 0 Å². The average Bonchev–Trinajstić information content (AvgIpc) is 3.14. The molecule has 7 heteroatoms. The van der Waals surface area contributed by atoms with Crippen LogP contribution in [0.15, 0.2) is 41.3 Å². The Morgan fingerprint density at radius 3 is 2.66 bits per heavy atom. The van der Waals surface area contributed by atoms with Crippen molar-refractivity contribution in [1.82, 2.24) is 9.47 Å². The minimum absolute atomic E-state index is 0.0500. The Morgan fingerprint density at radius 2 is 1.91 bits per heavy atom. The number of hydrogen-bond acceptors (Lipinski definition) is 5. The van der Waals surface area contributed by atoms with Crippen molar-refractivity contribution in [2.24, 2.45) is 23.7 Å². The molecular weight excluding hydrogens is 408 g/mol. The van der Waals surface area contributed by atoms with E-state index in [2.05, 4.69) is 6.92 Å². The molecule has 2 aliphatic carbocycles. The Hall–Kier alpha value is -3.09. The van der Waals surface area contributed by atoms with Crippen LogP contribution in [0.4, 0.5) is 0 Å². The summed E-state index contributed by atoms with van der Waals surface area (Å²) in [6.07, 6.45) is 2.54. The minimum atomic E-state index is -0.684. The van der Waals surface area contributed by atoms with Crippen LogP contribution in [0.2, 0.25) is 0 Å². The Labute approximate surface area is 185 Å². The Balaban J connectivity index is 1.43. The van der Waals surface area contributed by atoms with Crippen molar-refractivity contribution in [3.05, 3.63) is 63.6 Å². The molecule has 7 nitrogen and oxygen atoms in total. The molecule has 2 saturated carbocycles. The second-order valence-electron chi connectivity index (χ2n) is 9.46. The average molecular weight is 434 g/mol. The standard InChI is InChI=1S/C25H26N2O5/c1-3-31-25(30)16-10-26-11-18-15-9-17(20-13(2)19(15)20)27(18)24(29)21(26)23(22(16)28)32-12-14-7-5-4-6-8-14/h4-8,10,13,15,17-20H,3,9,11-12H2,1-2H3/t13-,15?,17?,18-,19-,20+/m0/s1. The zero-order valence-corrected chi connectivity index (χ0v) is 18.2. The van der Waals surface area contributed by atoms with E-state index in [1.807, 2.05) is 35.2 Å². The maximum absolute atomic E-state index is 13.7. The summed E-state index contributed by atoms with van der Waals surface area (Å²) >= 11 is 0. The molecule has 0 radical (unpaired) electrons. The highest BCUT2D eigenvalue weighted by Gasteiger charge is 2.70. The van der Waals surface area contributed by atoms with Crippen LogP contribution >= 0.6 is 0 Å². The summed E-state index contributed by atoms with van der Waals surface area (Å²) in [6, 6.07) is 9.84. The van der Waals surface area contributed by atoms with Gasteiger partial charge in [-0.1, -0.05) is 37.3 Å². The molecule has 0 spiro atoms. The molecule has 1 aromatic heterocycles. The second-order valence-corrected chi connectivity index (χ2v) is 9.46. The van der Waals surface area contributed by atoms with E-state index in [-0.39, 0.29) is 48.2 Å². The van der Waals surface area contributed by atoms with Gasteiger partial charge in [0, 0.05) is 18.8 Å². The van der Waals surface area contributed by atoms with Crippen LogP contribution < -0.4 is 10.2 Å². The zero-order chi connectivity index (χ0) is 22.1. The number of fused-ring (bicyclic) bond motifs is 9. The summed E-state index contributed by atoms with van der Waals surface area (Å²) in [5.74, 6) is 1.56. The maximum atomic E-state index is 13.7. The molecule has 1 amide bonds. The molecule has 166 valence electrons. The quantitative estimate of drug-likeness (QED) is 0.677. The Morgan fingerprint density at radius 1 is 1.12 bits per heavy atom. The van der Waals surface area contributed by atoms with Gasteiger partial charge in [-0.2, -0.15) is 0 Å². The third-order valence-electron chi connectivity index (χ3n) is 7.96. The highest BCUT2D eigenvalue weighted by atomic mass is 16.5. The summed E-state index contributed by atoms with van der Waals surface area (Å²) in [5.41, 5.74) is 0.469. The van der Waals surface area contributed by atoms with Crippen LogP contribution in [-0.4, -0.2) is 40.0 Å². The van der Waals surface area contributed by atoms with Crippen LogP contribution in [0.1, 0.15) is 46.7 Å². The number of ether oxygens (including phenoxy) is 2. The van der Waals surface area contributed by atoms with E-state index in [0.29, 0.717) is 30.2 Å². The SMILES string of the molecule is CCOC(=O)c1cn2c(c(OCc3ccccc3)c1=O)C(=O)N1C3CC([C@@H]4[C@H](C)[C@H]34)[C@@H]1C2. The molecule has 3 heterocycles. The van der Waals surface area contributed by atoms with Crippen molar-refractivity contribution in [2.45, 2.75) is 45.5 Å². The van der Waals surface area contributed by atoms with E-state index in [0.717, 1.165) is 12.0 Å². The number of carbonyl (C=O) groups is 2. The van der Waals surface area contributed by atoms with Crippen LogP contribution in [0.5, 0.6) is 5.75 Å². The first kappa shape index (κ1) is 19.6. The van der Waals surface area contributed by atoms with E-state index < -0.39 is 11.4 Å². The monoisotopic (exact) mass is 434 g/mol. The summed E-state index contributed by atoms with van der Waals surface area (Å²) < 4.78 is 12.8. The van der Waals surface area contributed by atoms with Crippen molar-refractivity contribution in [2.75, 3.05) is 6.61 Å². The van der Waals surface area contributed by atoms with Gasteiger partial charge in [-0.25, -0.2) is 4.79 Å². The molecule has 6 atom stereocenters. The van der Waals surface area contributed by atoms with Gasteiger partial charge in [0.25, 0.3) is 5.91 Å². The highest BCUT2D eigenvalue weighted by Crippen LogP contribution is 2.67. The Kier molecular flexibility index (Phi) is 4.26. The third kappa shape index (κ3) is 2.63. The predicted molar refractivity (Wildman–Crippen MR) is 115 cm³/mol. The summed E-state index contributed by atoms with van der Waals surface area (Å²) in [5, 5.41) is 0. The number of nitrogens with zero attached hydrogens (tertiary/aromatic N) is 2. The highest BCUT2D eigenvalue weighted by molar-refractivity contribution is 5.98. The Bertz CT molecular complexity index is 1170. The van der Waals surface area contributed by atoms with E-state index >= 15 is 0 Å². The van der Waals surface area contributed by atoms with Crippen molar-refractivity contribution < 1.29 is 19.1 Å². The zero-order valence-electron chi connectivity index (χ0n) is 18.2. The third-order valence-corrected chi connectivity index (χ3v) is 7.96. The molecule has 3 fully saturated rings. The van der Waals surface area contributed by atoms with Gasteiger partial charge in [-0.3, -0.25) is 9.59 Å². The first-order valence-corrected chi connectivity index (χ1v) is 11.4. The molecule has 32 heavy (non-hydrogen) atoms. The number of rotatable bonds is 5. The number of piperidine rings is 1. The number of aromatic nitrogens is 1. The van der Waals surface area contributed by atoms with Crippen molar-refractivity contribution >= 4 is 11.9 Å². The van der Waals surface area contributed by atoms with Crippen molar-refractivity contribution in [3.8, 4) is 5.75 Å². The van der Waals surface area contributed by atoms with Gasteiger partial charge in [-0.05, 0) is 42.6 Å². The molecule has 2 aromatic rings. The number of hydrogen-bond donors (Lipinski definition) is 0. The summed E-state index contributed by atoms with van der Waals surface area (Å²) in [7, 11) is 0. The lowest BCUT2D eigenvalue weighted by atomic mass is 9.93. The molecule has 1 saturated heterocycles. The molecule has 1 aromatic carbocycles. The number of benzene rings is 1. The number of pyridine rings is 1. The van der Waals surface area contributed by atoms with Crippen molar-refractivity contribution in [1.29, 1.82) is 0 Å². The molecule has 4 aliphatic rings. The molecule has 6 rings (SSSR count). The molecule has 0 N–H and O–H groups in total. The largest absolute Gasteiger partial charge is 0.483 e. The van der Waals surface area contributed by atoms with Gasteiger partial charge in [0.05, 0.1) is 12.6 Å². The van der Waals surface area contributed by atoms with Crippen molar-refractivity contribution in [3.63, 3.8) is 0 Å². The minimum Gasteiger partial charge on any atom is -0.483 e. The van der Waals surface area contributed by atoms with Gasteiger partial charge < -0.3 is 18.9 Å². The number of carbonyl (C=O) groups excluding carboxylic acids is 2. The van der Waals surface area contributed by atoms with Gasteiger partial charge in [0.1, 0.15) is 12.2 Å². The fourth-order valence-corrected chi connectivity index (χ4v) is 6.64. The van der Waals surface area contributed by atoms with Gasteiger partial charge in [0.2, 0.25) is 5.43 Å². The maximum Gasteiger partial charge on any atom is 0.343 e. The topological polar surface area (TPSA) is 77.8 Å². The van der Waals surface area contributed by atoms with E-state index in [1.54, 1.807) is 11.5 Å². The van der Waals surface area contributed by atoms with E-state index in [4.69, 9.17) is 9.47 Å². The normalized spacial score (nSPS) is 31.1. The predicted octanol–water partition coefficient (Wildman–Crippen LogP) is 2.71. The summed E-state index contributed by atoms with van der Waals surface area (Å²) in [4.78, 5) is 41.6. The van der Waals surface area contributed by atoms with E-state index in [9.17, 15) is 14.4 Å². The van der Waals surface area contributed by atoms with Gasteiger partial charge in [0.15, 0.2) is 11.4 Å². The fraction of sp³-hybridized carbons (Fsp3) is 0.480. The second kappa shape index (κ2) is 6.95. The fourth-order valence-electron chi connectivity index (χ4n) is 6.64. The van der Waals surface area contributed by atoms with E-state index in [1.165, 1.54) is 6.20 Å². The van der Waals surface area contributed by atoms with Crippen LogP contribution in [0.3, 0.4) is 0 Å². The summed E-state index contributed by atoms with van der Waals surface area (Å²) in [6.45, 7) is 4.86. The first-order valence-electron chi connectivity index (χ1n) is 11.4. The lowest BCUT2D eigenvalue weighted by molar-refractivity contribution is 0.0450.